The molecule has 4 nitrogen and oxygen atoms in total. The first-order chi connectivity index (χ1) is 6.92. The van der Waals surface area contributed by atoms with Crippen LogP contribution >= 0.6 is 0 Å². The van der Waals surface area contributed by atoms with Gasteiger partial charge in [-0.1, -0.05) is 11.2 Å². The molecule has 2 heterocycles. The van der Waals surface area contributed by atoms with E-state index in [0.29, 0.717) is 0 Å². The first-order valence-electron chi connectivity index (χ1n) is 4.18. The van der Waals surface area contributed by atoms with Crippen molar-refractivity contribution in [3.63, 3.8) is 0 Å². The van der Waals surface area contributed by atoms with Crippen LogP contribution in [0.25, 0.3) is 5.82 Å². The highest BCUT2D eigenvalue weighted by molar-refractivity contribution is 5.77. The zero-order valence-corrected chi connectivity index (χ0v) is 7.41. The van der Waals surface area contributed by atoms with E-state index in [-0.39, 0.29) is 0 Å². The lowest BCUT2D eigenvalue weighted by atomic mass is 10.4. The van der Waals surface area contributed by atoms with Crippen molar-refractivity contribution in [3.8, 4) is 5.82 Å². The Bertz CT molecular complexity index is 434. The zero-order valence-electron chi connectivity index (χ0n) is 7.41. The quantitative estimate of drug-likeness (QED) is 0.441. The molecule has 1 N–H and O–H groups in total. The van der Waals surface area contributed by atoms with Crippen molar-refractivity contribution in [2.45, 2.75) is 0 Å². The number of oxime groups is 1. The van der Waals surface area contributed by atoms with E-state index in [4.69, 9.17) is 5.21 Å². The fourth-order valence-corrected chi connectivity index (χ4v) is 1.26. The normalized spacial score (nSPS) is 10.9. The molecule has 0 bridgehead atoms. The Kier molecular flexibility index (Phi) is 2.27. The molecule has 0 spiro atoms. The predicted octanol–water partition coefficient (Wildman–Crippen LogP) is 1.68. The molecule has 0 fully saturated rings. The Balaban J connectivity index is 2.47. The highest BCUT2D eigenvalue weighted by Gasteiger charge is 2.00. The first kappa shape index (κ1) is 8.50. The topological polar surface area (TPSA) is 50.4 Å². The molecule has 0 aliphatic rings. The molecule has 14 heavy (non-hydrogen) atoms. The van der Waals surface area contributed by atoms with Crippen molar-refractivity contribution >= 4 is 6.21 Å². The number of hydrogen-bond acceptors (Lipinski definition) is 3. The minimum Gasteiger partial charge on any atom is -0.411 e. The van der Waals surface area contributed by atoms with Crippen LogP contribution in [0.2, 0.25) is 0 Å². The van der Waals surface area contributed by atoms with Crippen LogP contribution in [-0.2, 0) is 0 Å². The fraction of sp³-hybridized carbons (Fsp3) is 0. The SMILES string of the molecule is O/N=C/c1cccn1-c1ccccn1. The van der Waals surface area contributed by atoms with Crippen LogP contribution in [0.15, 0.2) is 47.9 Å². The van der Waals surface area contributed by atoms with Crippen molar-refractivity contribution in [2.24, 2.45) is 5.16 Å². The van der Waals surface area contributed by atoms with Gasteiger partial charge in [-0.05, 0) is 24.3 Å². The van der Waals surface area contributed by atoms with Gasteiger partial charge in [0.2, 0.25) is 0 Å². The van der Waals surface area contributed by atoms with E-state index in [0.717, 1.165) is 11.5 Å². The van der Waals surface area contributed by atoms with E-state index < -0.39 is 0 Å². The van der Waals surface area contributed by atoms with Gasteiger partial charge in [0.1, 0.15) is 5.82 Å². The molecule has 0 unspecified atom stereocenters. The third-order valence-corrected chi connectivity index (χ3v) is 1.87. The predicted molar refractivity (Wildman–Crippen MR) is 52.9 cm³/mol. The maximum Gasteiger partial charge on any atom is 0.137 e. The molecule has 0 saturated heterocycles. The second-order valence-electron chi connectivity index (χ2n) is 2.74. The highest BCUT2D eigenvalue weighted by Crippen LogP contribution is 2.07. The Labute approximate surface area is 81.1 Å². The van der Waals surface area contributed by atoms with Crippen molar-refractivity contribution in [1.82, 2.24) is 9.55 Å². The molecule has 0 radical (unpaired) electrons. The van der Waals surface area contributed by atoms with Crippen molar-refractivity contribution < 1.29 is 5.21 Å². The van der Waals surface area contributed by atoms with E-state index in [9.17, 15) is 0 Å². The van der Waals surface area contributed by atoms with Crippen LogP contribution in [0.4, 0.5) is 0 Å². The van der Waals surface area contributed by atoms with E-state index in [1.54, 1.807) is 6.20 Å². The summed E-state index contributed by atoms with van der Waals surface area (Å²) >= 11 is 0. The zero-order chi connectivity index (χ0) is 9.80. The van der Waals surface area contributed by atoms with Gasteiger partial charge < -0.3 is 9.77 Å². The minimum atomic E-state index is 0.784. The molecule has 4 heteroatoms. The third-order valence-electron chi connectivity index (χ3n) is 1.87. The van der Waals surface area contributed by atoms with Crippen LogP contribution in [0, 0.1) is 0 Å². The smallest absolute Gasteiger partial charge is 0.137 e. The van der Waals surface area contributed by atoms with Crippen LogP contribution in [0.1, 0.15) is 5.69 Å². The largest absolute Gasteiger partial charge is 0.411 e. The van der Waals surface area contributed by atoms with Gasteiger partial charge in [-0.3, -0.25) is 0 Å². The number of aromatic nitrogens is 2. The number of rotatable bonds is 2. The molecule has 0 atom stereocenters. The lowest BCUT2D eigenvalue weighted by molar-refractivity contribution is 0.321. The molecule has 2 aromatic rings. The minimum absolute atomic E-state index is 0.784. The molecule has 0 saturated carbocycles. The second kappa shape index (κ2) is 3.74. The molecule has 70 valence electrons. The second-order valence-corrected chi connectivity index (χ2v) is 2.74. The summed E-state index contributed by atoms with van der Waals surface area (Å²) in [6, 6.07) is 9.35. The number of nitrogens with zero attached hydrogens (tertiary/aromatic N) is 3. The summed E-state index contributed by atoms with van der Waals surface area (Å²) in [5, 5.41) is 11.4. The Morgan fingerprint density at radius 2 is 2.21 bits per heavy atom. The van der Waals surface area contributed by atoms with Crippen molar-refractivity contribution in [3.05, 3.63) is 48.4 Å². The summed E-state index contributed by atoms with van der Waals surface area (Å²) in [6.45, 7) is 0. The summed E-state index contributed by atoms with van der Waals surface area (Å²) in [7, 11) is 0. The van der Waals surface area contributed by atoms with Gasteiger partial charge in [0, 0.05) is 12.4 Å². The lowest BCUT2D eigenvalue weighted by Gasteiger charge is -2.03. The molecular formula is C10H9N3O. The van der Waals surface area contributed by atoms with Crippen LogP contribution in [0.3, 0.4) is 0 Å². The summed E-state index contributed by atoms with van der Waals surface area (Å²) < 4.78 is 1.83. The van der Waals surface area contributed by atoms with Crippen molar-refractivity contribution in [2.75, 3.05) is 0 Å². The molecule has 0 aliphatic heterocycles. The summed E-state index contributed by atoms with van der Waals surface area (Å²) in [5.41, 5.74) is 0.784. The highest BCUT2D eigenvalue weighted by atomic mass is 16.4. The Morgan fingerprint density at radius 3 is 2.93 bits per heavy atom. The van der Waals surface area contributed by atoms with Gasteiger partial charge >= 0.3 is 0 Å². The molecule has 0 aromatic carbocycles. The maximum atomic E-state index is 8.45. The fourth-order valence-electron chi connectivity index (χ4n) is 1.26. The molecule has 2 rings (SSSR count). The molecule has 0 aliphatic carbocycles. The van der Waals surface area contributed by atoms with E-state index in [1.807, 2.05) is 41.1 Å². The molecular weight excluding hydrogens is 178 g/mol. The van der Waals surface area contributed by atoms with E-state index in [2.05, 4.69) is 10.1 Å². The van der Waals surface area contributed by atoms with Crippen molar-refractivity contribution in [1.29, 1.82) is 0 Å². The standard InChI is InChI=1S/C10H9N3O/c14-12-8-9-4-3-7-13(9)10-5-1-2-6-11-10/h1-8,14H/b12-8+. The number of pyridine rings is 1. The average Bonchev–Trinajstić information content (AvgIpc) is 2.68. The Morgan fingerprint density at radius 1 is 1.29 bits per heavy atom. The van der Waals surface area contributed by atoms with Gasteiger partial charge in [0.15, 0.2) is 0 Å². The first-order valence-corrected chi connectivity index (χ1v) is 4.18. The summed E-state index contributed by atoms with van der Waals surface area (Å²) in [5.74, 6) is 0.799. The summed E-state index contributed by atoms with van der Waals surface area (Å²) in [6.07, 6.45) is 4.95. The number of hydrogen-bond donors (Lipinski definition) is 1. The summed E-state index contributed by atoms with van der Waals surface area (Å²) in [4.78, 5) is 4.18. The van der Waals surface area contributed by atoms with Gasteiger partial charge in [0.25, 0.3) is 0 Å². The van der Waals surface area contributed by atoms with Gasteiger partial charge in [-0.2, -0.15) is 0 Å². The average molecular weight is 187 g/mol. The lowest BCUT2D eigenvalue weighted by Crippen LogP contribution is -1.99. The third kappa shape index (κ3) is 1.50. The van der Waals surface area contributed by atoms with Crippen LogP contribution in [-0.4, -0.2) is 21.0 Å². The molecule has 0 amide bonds. The van der Waals surface area contributed by atoms with Crippen LogP contribution < -0.4 is 0 Å². The maximum absolute atomic E-state index is 8.45. The van der Waals surface area contributed by atoms with E-state index >= 15 is 0 Å². The molecule has 2 aromatic heterocycles. The monoisotopic (exact) mass is 187 g/mol. The van der Waals surface area contributed by atoms with Crippen LogP contribution in [0.5, 0.6) is 0 Å². The Hall–Kier alpha value is -2.10. The van der Waals surface area contributed by atoms with Gasteiger partial charge in [-0.15, -0.1) is 0 Å². The van der Waals surface area contributed by atoms with Gasteiger partial charge in [0.05, 0.1) is 11.9 Å². The van der Waals surface area contributed by atoms with E-state index in [1.165, 1.54) is 6.21 Å². The van der Waals surface area contributed by atoms with Gasteiger partial charge in [-0.25, -0.2) is 4.98 Å².